The largest absolute Gasteiger partial charge is 0.462 e. The molecule has 0 radical (unpaired) electrons. The highest BCUT2D eigenvalue weighted by atomic mass is 16.8. The lowest BCUT2D eigenvalue weighted by Crippen LogP contribution is -2.68. The SMILES string of the molecule is CO[C@@H]1[C@@H](O[C@@H]2O[C@H](C)[C@@H](N=[N+]=[N-])[C@H](OC)[C@H]2OC(C)=O)[C@@H](OCc2ccccc2)[C@H](O[C@@H]2[C@@H](OCc3ccccc3)[C@H](C)O[C@@H](O[C@@H]3[C@@H](OCc4ccccc4)[C@H](C)O[C@@H](O[C@H]4[C@H](Oc5ccc([N+](=O)[O-])cc5)O[C@@H](C)[C@H]5O[C@@H](c6ccccc6)O[C@@H]45)[C@@H]3OCc3ccccc3)[C@@H]2OCc2ccccc2)O[C@H]1C. The van der Waals surface area contributed by atoms with Gasteiger partial charge >= 0.3 is 5.97 Å². The van der Waals surface area contributed by atoms with Gasteiger partial charge < -0.3 is 94.7 Å². The van der Waals surface area contributed by atoms with E-state index in [0.29, 0.717) is 0 Å². The van der Waals surface area contributed by atoms with E-state index < -0.39 is 171 Å². The number of azide groups is 1. The third-order valence-electron chi connectivity index (χ3n) is 20.2. The van der Waals surface area contributed by atoms with E-state index in [0.717, 1.165) is 33.4 Å². The van der Waals surface area contributed by atoms with E-state index in [9.17, 15) is 20.4 Å². The van der Waals surface area contributed by atoms with Crippen molar-refractivity contribution in [3.8, 4) is 5.75 Å². The van der Waals surface area contributed by atoms with Gasteiger partial charge in [0.1, 0.15) is 79.0 Å². The number of benzene rings is 7. The van der Waals surface area contributed by atoms with Crippen molar-refractivity contribution in [2.45, 2.75) is 234 Å². The Bertz CT molecular complexity index is 4000. The number of rotatable bonds is 31. The van der Waals surface area contributed by atoms with Crippen LogP contribution in [0.1, 0.15) is 81.2 Å². The summed E-state index contributed by atoms with van der Waals surface area (Å²) in [5.41, 5.74) is 14.5. The first-order valence-electron chi connectivity index (χ1n) is 36.8. The molecule has 6 heterocycles. The summed E-state index contributed by atoms with van der Waals surface area (Å²) in [7, 11) is 2.95. The van der Waals surface area contributed by atoms with Gasteiger partial charge in [-0.3, -0.25) is 14.9 Å². The first-order valence-corrected chi connectivity index (χ1v) is 36.8. The second kappa shape index (κ2) is 37.7. The van der Waals surface area contributed by atoms with Crippen LogP contribution in [0.15, 0.2) is 211 Å². The second-order valence-corrected chi connectivity index (χ2v) is 27.7. The molecule has 26 atom stereocenters. The topological polar surface area (TPSA) is 294 Å². The fourth-order valence-electron chi connectivity index (χ4n) is 14.8. The highest BCUT2D eigenvalue weighted by Crippen LogP contribution is 2.45. The van der Waals surface area contributed by atoms with Crippen LogP contribution in [0.2, 0.25) is 0 Å². The van der Waals surface area contributed by atoms with Crippen LogP contribution >= 0.6 is 0 Å². The Labute approximate surface area is 633 Å². The predicted octanol–water partition coefficient (Wildman–Crippen LogP) is 12.3. The smallest absolute Gasteiger partial charge is 0.303 e. The lowest BCUT2D eigenvalue weighted by atomic mass is 9.94. The third-order valence-corrected chi connectivity index (χ3v) is 20.2. The Hall–Kier alpha value is -8.20. The van der Waals surface area contributed by atoms with E-state index >= 15 is 0 Å². The summed E-state index contributed by atoms with van der Waals surface area (Å²) in [5, 5.41) is 15.9. The van der Waals surface area contributed by atoms with Crippen LogP contribution < -0.4 is 4.74 Å². The average molecular weight is 1500 g/mol. The summed E-state index contributed by atoms with van der Waals surface area (Å²) in [6, 6.07) is 62.4. The zero-order chi connectivity index (χ0) is 75.9. The first kappa shape index (κ1) is 78.9. The van der Waals surface area contributed by atoms with E-state index in [2.05, 4.69) is 10.0 Å². The summed E-state index contributed by atoms with van der Waals surface area (Å²) in [4.78, 5) is 27.6. The van der Waals surface area contributed by atoms with E-state index in [1.54, 1.807) is 6.92 Å². The van der Waals surface area contributed by atoms with E-state index in [1.807, 2.05) is 210 Å². The van der Waals surface area contributed by atoms with Crippen LogP contribution in [-0.4, -0.2) is 179 Å². The molecule has 0 saturated carbocycles. The summed E-state index contributed by atoms with van der Waals surface area (Å²) >= 11 is 0. The van der Waals surface area contributed by atoms with E-state index in [-0.39, 0.29) is 44.5 Å². The first-order chi connectivity index (χ1) is 53.1. The van der Waals surface area contributed by atoms with Gasteiger partial charge in [-0.05, 0) is 80.1 Å². The van der Waals surface area contributed by atoms with Crippen LogP contribution in [0.4, 0.5) is 5.69 Å². The van der Waals surface area contributed by atoms with Crippen LogP contribution in [-0.2, 0) is 128 Å². The minimum Gasteiger partial charge on any atom is -0.462 e. The van der Waals surface area contributed by atoms with E-state index in [1.165, 1.54) is 45.4 Å². The number of hydrogen-bond acceptors (Lipinski definition) is 24. The number of nitro groups is 1. The molecule has 6 aliphatic rings. The Morgan fingerprint density at radius 3 is 1.15 bits per heavy atom. The van der Waals surface area contributed by atoms with Gasteiger partial charge in [0.15, 0.2) is 43.7 Å². The average Bonchev–Trinajstić information content (AvgIpc) is 1.74. The number of carbonyl (C=O) groups excluding carboxylic acids is 1. The predicted molar refractivity (Wildman–Crippen MR) is 389 cm³/mol. The van der Waals surface area contributed by atoms with Crippen molar-refractivity contribution >= 4 is 11.7 Å². The number of methoxy groups -OCH3 is 2. The van der Waals surface area contributed by atoms with Crippen molar-refractivity contribution in [3.63, 3.8) is 0 Å². The van der Waals surface area contributed by atoms with E-state index in [4.69, 9.17) is 94.7 Å². The van der Waals surface area contributed by atoms with Crippen molar-refractivity contribution in [2.24, 2.45) is 5.11 Å². The number of non-ortho nitro benzene ring substituents is 1. The van der Waals surface area contributed by atoms with Crippen LogP contribution in [0.3, 0.4) is 0 Å². The number of ether oxygens (including phenoxy) is 20. The Balaban J connectivity index is 0.919. The van der Waals surface area contributed by atoms with Crippen LogP contribution in [0, 0.1) is 10.1 Å². The number of nitro benzene ring substituents is 1. The monoisotopic (exact) mass is 1500 g/mol. The van der Waals surface area contributed by atoms with Gasteiger partial charge in [-0.1, -0.05) is 187 Å². The van der Waals surface area contributed by atoms with Gasteiger partial charge in [0.25, 0.3) is 5.69 Å². The molecule has 580 valence electrons. The molecule has 6 saturated heterocycles. The van der Waals surface area contributed by atoms with Crippen LogP contribution in [0.25, 0.3) is 10.4 Å². The molecule has 6 fully saturated rings. The molecule has 7 aromatic carbocycles. The lowest BCUT2D eigenvalue weighted by Gasteiger charge is -2.52. The number of esters is 1. The maximum Gasteiger partial charge on any atom is 0.303 e. The van der Waals surface area contributed by atoms with Crippen molar-refractivity contribution in [2.75, 3.05) is 14.2 Å². The second-order valence-electron chi connectivity index (χ2n) is 27.7. The summed E-state index contributed by atoms with van der Waals surface area (Å²) in [6.07, 6.45) is -26.8. The molecule has 109 heavy (non-hydrogen) atoms. The lowest BCUT2D eigenvalue weighted by molar-refractivity contribution is -0.401. The minimum absolute atomic E-state index is 0.00336. The fourth-order valence-corrected chi connectivity index (χ4v) is 14.8. The quantitative estimate of drug-likeness (QED) is 0.00974. The molecular weight excluding hydrogens is 1410 g/mol. The molecule has 13 rings (SSSR count). The molecular formula is C82H94N4O23. The van der Waals surface area contributed by atoms with Gasteiger partial charge in [0.05, 0.1) is 74.5 Å². The van der Waals surface area contributed by atoms with Crippen molar-refractivity contribution in [1.29, 1.82) is 0 Å². The van der Waals surface area contributed by atoms with Crippen LogP contribution in [0.5, 0.6) is 5.75 Å². The summed E-state index contributed by atoms with van der Waals surface area (Å²) in [5.74, 6) is -0.425. The van der Waals surface area contributed by atoms with Crippen molar-refractivity contribution < 1.29 is 104 Å². The fraction of sp³-hybridized carbons (Fsp3) is 0.476. The molecule has 0 unspecified atom stereocenters. The molecule has 7 aromatic rings. The number of nitrogens with zero attached hydrogens (tertiary/aromatic N) is 4. The molecule has 0 N–H and O–H groups in total. The molecule has 27 heteroatoms. The molecule has 0 spiro atoms. The minimum atomic E-state index is -1.40. The van der Waals surface area contributed by atoms with Crippen molar-refractivity contribution in [3.05, 3.63) is 260 Å². The zero-order valence-electron chi connectivity index (χ0n) is 61.9. The Kier molecular flexibility index (Phi) is 27.3. The Morgan fingerprint density at radius 1 is 0.404 bits per heavy atom. The van der Waals surface area contributed by atoms with Gasteiger partial charge in [0, 0.05) is 43.8 Å². The standard InChI is InChI=1S/C82H94N4O23/c1-48-62(84-85-83)67(91-8)75(102-53(6)87)82(97-48)106-68-63(90-7)49(2)98-78(72(68)94-45-56-31-19-11-20-32-56)107-69-64(92-43-54-27-15-9-16-28-54)50(3)99-79(73(69)95-46-57-33-21-12-22-34-57)108-70-65(93-44-55-29-17-10-18-30-55)51(4)100-80(74(70)96-47-58-35-23-13-24-36-58)109-76-71-66(104-77(105-71)59-37-25-14-26-38-59)52(5)101-81(76)103-61-41-39-60(40-42-61)86(88)89/h9-42,48-52,62-82H,43-47H2,1-8H3/t48-,49+,50+,51+,52+,62-,63+,64+,65+,66-,67+,68-,69-,70-,71-,72-,73-,74-,75-,76-,77-,78+,79+,80+,81+,82+/m1/s1. The van der Waals surface area contributed by atoms with Gasteiger partial charge in [0.2, 0.25) is 6.29 Å². The molecule has 27 nitrogen and oxygen atoms in total. The molecule has 0 aromatic heterocycles. The number of fused-ring (bicyclic) bond motifs is 1. The molecule has 6 aliphatic heterocycles. The number of carbonyl (C=O) groups is 1. The van der Waals surface area contributed by atoms with Gasteiger partial charge in [-0.2, -0.15) is 0 Å². The van der Waals surface area contributed by atoms with Crippen molar-refractivity contribution in [1.82, 2.24) is 0 Å². The maximum atomic E-state index is 13.1. The summed E-state index contributed by atoms with van der Waals surface area (Å²) in [6.45, 7) is 10.6. The normalized spacial score (nSPS) is 33.8. The third kappa shape index (κ3) is 19.4. The zero-order valence-corrected chi connectivity index (χ0v) is 61.9. The molecule has 0 aliphatic carbocycles. The molecule has 0 amide bonds. The highest BCUT2D eigenvalue weighted by Gasteiger charge is 2.60. The number of hydrogen-bond donors (Lipinski definition) is 0. The molecule has 0 bridgehead atoms. The van der Waals surface area contributed by atoms with Gasteiger partial charge in [-0.25, -0.2) is 0 Å². The highest BCUT2D eigenvalue weighted by molar-refractivity contribution is 5.66. The summed E-state index contributed by atoms with van der Waals surface area (Å²) < 4.78 is 139. The Morgan fingerprint density at radius 2 is 0.752 bits per heavy atom. The van der Waals surface area contributed by atoms with Gasteiger partial charge in [-0.15, -0.1) is 0 Å². The maximum absolute atomic E-state index is 13.1.